The lowest BCUT2D eigenvalue weighted by molar-refractivity contribution is -0.138. The first-order chi connectivity index (χ1) is 13.8. The molecule has 0 aliphatic heterocycles. The third-order valence-electron chi connectivity index (χ3n) is 4.01. The van der Waals surface area contributed by atoms with E-state index in [4.69, 9.17) is 4.74 Å². The number of anilines is 1. The number of ether oxygens (including phenoxy) is 1. The first kappa shape index (κ1) is 20.2. The summed E-state index contributed by atoms with van der Waals surface area (Å²) in [7, 11) is 0. The zero-order valence-corrected chi connectivity index (χ0v) is 15.1. The summed E-state index contributed by atoms with van der Waals surface area (Å²) in [6.45, 7) is -0.139. The summed E-state index contributed by atoms with van der Waals surface area (Å²) in [5.74, 6) is -0.0228. The van der Waals surface area contributed by atoms with Gasteiger partial charge >= 0.3 is 6.18 Å². The Bertz CT molecular complexity index is 1030. The van der Waals surface area contributed by atoms with Gasteiger partial charge in [-0.1, -0.05) is 30.3 Å². The van der Waals surface area contributed by atoms with E-state index in [1.54, 1.807) is 24.3 Å². The molecule has 3 aromatic rings. The molecule has 1 heterocycles. The van der Waals surface area contributed by atoms with E-state index in [1.165, 1.54) is 0 Å². The smallest absolute Gasteiger partial charge is 0.417 e. The van der Waals surface area contributed by atoms with Gasteiger partial charge in [0.25, 0.3) is 5.56 Å². The molecule has 5 nitrogen and oxygen atoms in total. The maximum Gasteiger partial charge on any atom is 0.417 e. The molecule has 150 valence electrons. The summed E-state index contributed by atoms with van der Waals surface area (Å²) in [5.41, 5.74) is -0.249. The van der Waals surface area contributed by atoms with Crippen LogP contribution < -0.4 is 15.6 Å². The van der Waals surface area contributed by atoms with Gasteiger partial charge in [-0.2, -0.15) is 13.2 Å². The normalized spacial score (nSPS) is 11.1. The van der Waals surface area contributed by atoms with Crippen molar-refractivity contribution in [2.24, 2.45) is 0 Å². The molecule has 0 atom stereocenters. The zero-order chi connectivity index (χ0) is 20.9. The van der Waals surface area contributed by atoms with Crippen LogP contribution >= 0.6 is 0 Å². The molecule has 29 heavy (non-hydrogen) atoms. The average Bonchev–Trinajstić information content (AvgIpc) is 2.69. The van der Waals surface area contributed by atoms with Gasteiger partial charge in [-0.25, -0.2) is 0 Å². The lowest BCUT2D eigenvalue weighted by atomic mass is 10.2. The first-order valence-electron chi connectivity index (χ1n) is 8.65. The van der Waals surface area contributed by atoms with E-state index in [2.05, 4.69) is 5.32 Å². The molecule has 1 amide bonds. The SMILES string of the molecule is O=C(Cn1cc(C(F)(F)F)ccc1=O)Nc1ccc(OCc2ccccc2)cc1. The highest BCUT2D eigenvalue weighted by molar-refractivity contribution is 5.90. The van der Waals surface area contributed by atoms with Gasteiger partial charge in [0.2, 0.25) is 5.91 Å². The fourth-order valence-electron chi connectivity index (χ4n) is 2.55. The summed E-state index contributed by atoms with van der Waals surface area (Å²) in [4.78, 5) is 23.8. The lowest BCUT2D eigenvalue weighted by Crippen LogP contribution is -2.28. The van der Waals surface area contributed by atoms with Gasteiger partial charge in [0.15, 0.2) is 0 Å². The van der Waals surface area contributed by atoms with Crippen LogP contribution in [-0.4, -0.2) is 10.5 Å². The van der Waals surface area contributed by atoms with Crippen molar-refractivity contribution >= 4 is 11.6 Å². The molecule has 0 saturated heterocycles. The van der Waals surface area contributed by atoms with E-state index in [0.29, 0.717) is 30.3 Å². The number of amides is 1. The van der Waals surface area contributed by atoms with Crippen LogP contribution in [0.4, 0.5) is 18.9 Å². The molecule has 1 N–H and O–H groups in total. The molecule has 0 saturated carbocycles. The maximum absolute atomic E-state index is 12.8. The minimum absolute atomic E-state index is 0.394. The highest BCUT2D eigenvalue weighted by atomic mass is 19.4. The van der Waals surface area contributed by atoms with Crippen LogP contribution in [0.15, 0.2) is 77.7 Å². The number of benzene rings is 2. The van der Waals surface area contributed by atoms with Crippen LogP contribution in [0.2, 0.25) is 0 Å². The largest absolute Gasteiger partial charge is 0.489 e. The molecule has 0 unspecified atom stereocenters. The number of halogens is 3. The number of hydrogen-bond acceptors (Lipinski definition) is 3. The van der Waals surface area contributed by atoms with Gasteiger partial charge in [0.1, 0.15) is 18.9 Å². The predicted molar refractivity (Wildman–Crippen MR) is 102 cm³/mol. The van der Waals surface area contributed by atoms with E-state index >= 15 is 0 Å². The monoisotopic (exact) mass is 402 g/mol. The van der Waals surface area contributed by atoms with Crippen molar-refractivity contribution in [3.63, 3.8) is 0 Å². The van der Waals surface area contributed by atoms with Gasteiger partial charge in [0.05, 0.1) is 5.56 Å². The first-order valence-corrected chi connectivity index (χ1v) is 8.65. The Balaban J connectivity index is 1.59. The number of hydrogen-bond donors (Lipinski definition) is 1. The number of carbonyl (C=O) groups is 1. The summed E-state index contributed by atoms with van der Waals surface area (Å²) in [6, 6.07) is 17.6. The fraction of sp³-hybridized carbons (Fsp3) is 0.143. The molecular formula is C21H17F3N2O3. The third kappa shape index (κ3) is 5.71. The van der Waals surface area contributed by atoms with Crippen molar-refractivity contribution in [3.05, 3.63) is 94.4 Å². The number of carbonyl (C=O) groups excluding carboxylic acids is 1. The van der Waals surface area contributed by atoms with Crippen molar-refractivity contribution in [3.8, 4) is 5.75 Å². The Hall–Kier alpha value is -3.55. The topological polar surface area (TPSA) is 60.3 Å². The van der Waals surface area contributed by atoms with Crippen LogP contribution in [0.5, 0.6) is 5.75 Å². The Kier molecular flexibility index (Phi) is 6.01. The second-order valence-corrected chi connectivity index (χ2v) is 6.23. The number of nitrogens with zero attached hydrogens (tertiary/aromatic N) is 1. The number of pyridine rings is 1. The third-order valence-corrected chi connectivity index (χ3v) is 4.01. The molecule has 8 heteroatoms. The number of alkyl halides is 3. The van der Waals surface area contributed by atoms with Crippen molar-refractivity contribution < 1.29 is 22.7 Å². The highest BCUT2D eigenvalue weighted by Crippen LogP contribution is 2.28. The fourth-order valence-corrected chi connectivity index (χ4v) is 2.55. The van der Waals surface area contributed by atoms with Crippen LogP contribution in [0.25, 0.3) is 0 Å². The van der Waals surface area contributed by atoms with Crippen LogP contribution in [0.3, 0.4) is 0 Å². The Morgan fingerprint density at radius 1 is 0.966 bits per heavy atom. The van der Waals surface area contributed by atoms with Crippen molar-refractivity contribution in [1.82, 2.24) is 4.57 Å². The Labute approximate surface area is 164 Å². The number of nitrogens with one attached hydrogen (secondary N) is 1. The molecule has 0 radical (unpaired) electrons. The number of rotatable bonds is 6. The minimum atomic E-state index is -4.60. The van der Waals surface area contributed by atoms with E-state index in [9.17, 15) is 22.8 Å². The van der Waals surface area contributed by atoms with Crippen LogP contribution in [-0.2, 0) is 24.1 Å². The standard InChI is InChI=1S/C21H17F3N2O3/c22-21(23,24)16-6-11-20(28)26(12-16)13-19(27)25-17-7-9-18(10-8-17)29-14-15-4-2-1-3-5-15/h1-12H,13-14H2,(H,25,27). The summed E-state index contributed by atoms with van der Waals surface area (Å²) < 4.78 is 44.7. The lowest BCUT2D eigenvalue weighted by Gasteiger charge is -2.11. The van der Waals surface area contributed by atoms with Gasteiger partial charge in [0, 0.05) is 18.0 Å². The molecule has 0 spiro atoms. The molecule has 0 fully saturated rings. The predicted octanol–water partition coefficient (Wildman–Crippen LogP) is 4.08. The summed E-state index contributed by atoms with van der Waals surface area (Å²) in [5, 5.41) is 2.54. The van der Waals surface area contributed by atoms with E-state index in [1.807, 2.05) is 30.3 Å². The molecule has 1 aromatic heterocycles. The van der Waals surface area contributed by atoms with Crippen molar-refractivity contribution in [1.29, 1.82) is 0 Å². The zero-order valence-electron chi connectivity index (χ0n) is 15.1. The summed E-state index contributed by atoms with van der Waals surface area (Å²) >= 11 is 0. The van der Waals surface area contributed by atoms with Gasteiger partial charge < -0.3 is 14.6 Å². The molecule has 0 bridgehead atoms. The number of aromatic nitrogens is 1. The van der Waals surface area contributed by atoms with E-state index in [-0.39, 0.29) is 0 Å². The second-order valence-electron chi connectivity index (χ2n) is 6.23. The van der Waals surface area contributed by atoms with Crippen molar-refractivity contribution in [2.45, 2.75) is 19.3 Å². The minimum Gasteiger partial charge on any atom is -0.489 e. The summed E-state index contributed by atoms with van der Waals surface area (Å²) in [6.07, 6.45) is -3.97. The molecule has 0 aliphatic carbocycles. The second kappa shape index (κ2) is 8.64. The Morgan fingerprint density at radius 2 is 1.66 bits per heavy atom. The van der Waals surface area contributed by atoms with Crippen LogP contribution in [0.1, 0.15) is 11.1 Å². The van der Waals surface area contributed by atoms with Gasteiger partial charge in [-0.05, 0) is 35.9 Å². The average molecular weight is 402 g/mol. The van der Waals surface area contributed by atoms with E-state index < -0.39 is 29.8 Å². The molecule has 2 aromatic carbocycles. The molecule has 3 rings (SSSR count). The van der Waals surface area contributed by atoms with Gasteiger partial charge in [-0.15, -0.1) is 0 Å². The quantitative estimate of drug-likeness (QED) is 0.676. The Morgan fingerprint density at radius 3 is 2.31 bits per heavy atom. The highest BCUT2D eigenvalue weighted by Gasteiger charge is 2.31. The van der Waals surface area contributed by atoms with Crippen LogP contribution in [0, 0.1) is 0 Å². The maximum atomic E-state index is 12.8. The molecular weight excluding hydrogens is 385 g/mol. The molecule has 0 aliphatic rings. The van der Waals surface area contributed by atoms with Crippen molar-refractivity contribution in [2.75, 3.05) is 5.32 Å². The van der Waals surface area contributed by atoms with Gasteiger partial charge in [-0.3, -0.25) is 9.59 Å². The van der Waals surface area contributed by atoms with E-state index in [0.717, 1.165) is 16.2 Å².